The Hall–Kier alpha value is -3.20. The van der Waals surface area contributed by atoms with Crippen molar-refractivity contribution in [3.63, 3.8) is 0 Å². The van der Waals surface area contributed by atoms with E-state index in [9.17, 15) is 19.1 Å². The van der Waals surface area contributed by atoms with Gasteiger partial charge in [-0.1, -0.05) is 32.0 Å². The smallest absolute Gasteiger partial charge is 0.449 e. The highest BCUT2D eigenvalue weighted by Gasteiger charge is 2.25. The van der Waals surface area contributed by atoms with Crippen molar-refractivity contribution in [3.8, 4) is 17.1 Å². The average Bonchev–Trinajstić information content (AvgIpc) is 2.82. The monoisotopic (exact) mass is 514 g/mol. The molecule has 3 N–H and O–H groups in total. The van der Waals surface area contributed by atoms with Crippen LogP contribution in [-0.4, -0.2) is 51.6 Å². The fraction of sp³-hybridized carbons (Fsp3) is 0.400. The number of amides is 1. The van der Waals surface area contributed by atoms with Crippen LogP contribution >= 0.6 is 7.82 Å². The normalized spacial score (nSPS) is 14.8. The summed E-state index contributed by atoms with van der Waals surface area (Å²) in [6.07, 6.45) is 1.05. The van der Waals surface area contributed by atoms with Crippen molar-refractivity contribution in [3.05, 3.63) is 48.0 Å². The third-order valence-electron chi connectivity index (χ3n) is 5.84. The number of benzene rings is 2. The average molecular weight is 515 g/mol. The highest BCUT2D eigenvalue weighted by molar-refractivity contribution is 7.46. The third kappa shape index (κ3) is 6.51. The van der Waals surface area contributed by atoms with Gasteiger partial charge >= 0.3 is 13.9 Å². The predicted molar refractivity (Wildman–Crippen MR) is 137 cm³/mol. The maximum Gasteiger partial charge on any atom is 0.524 e. The van der Waals surface area contributed by atoms with E-state index in [-0.39, 0.29) is 17.7 Å². The minimum absolute atomic E-state index is 0.00612. The van der Waals surface area contributed by atoms with Crippen LogP contribution in [0.5, 0.6) is 5.75 Å². The predicted octanol–water partition coefficient (Wildman–Crippen LogP) is 4.43. The number of aromatic nitrogens is 2. The minimum Gasteiger partial charge on any atom is -0.449 e. The van der Waals surface area contributed by atoms with E-state index in [2.05, 4.69) is 10.2 Å². The molecule has 0 saturated carbocycles. The van der Waals surface area contributed by atoms with E-state index in [0.29, 0.717) is 31.1 Å². The van der Waals surface area contributed by atoms with E-state index in [1.807, 2.05) is 39.0 Å². The number of phosphoric ester groups is 1. The van der Waals surface area contributed by atoms with Crippen LogP contribution in [0.4, 0.5) is 10.6 Å². The molecule has 10 nitrogen and oxygen atoms in total. The van der Waals surface area contributed by atoms with Gasteiger partial charge in [-0.3, -0.25) is 9.79 Å². The second-order valence-corrected chi connectivity index (χ2v) is 10.5. The minimum atomic E-state index is -4.77. The number of rotatable bonds is 7. The molecule has 0 radical (unpaired) electrons. The topological polar surface area (TPSA) is 134 Å². The first-order chi connectivity index (χ1) is 17.1. The highest BCUT2D eigenvalue weighted by atomic mass is 31.2. The molecule has 192 valence electrons. The molecule has 0 spiro atoms. The molecule has 1 aliphatic heterocycles. The molecule has 2 heterocycles. The lowest BCUT2D eigenvalue weighted by atomic mass is 10.0. The zero-order valence-electron chi connectivity index (χ0n) is 20.5. The SMILES string of the molecule is Cc1ccc2c(N3CCC(NC(=O)OCC(C)C)CC3)nc(-c3ccccc3OP(=O)(O)O)nc2c1. The molecule has 0 aliphatic carbocycles. The molecular weight excluding hydrogens is 483 g/mol. The zero-order chi connectivity index (χ0) is 25.9. The van der Waals surface area contributed by atoms with E-state index in [4.69, 9.17) is 19.2 Å². The summed E-state index contributed by atoms with van der Waals surface area (Å²) in [7, 11) is -4.77. The van der Waals surface area contributed by atoms with Crippen LogP contribution in [0.25, 0.3) is 22.3 Å². The molecule has 0 bridgehead atoms. The van der Waals surface area contributed by atoms with Gasteiger partial charge in [0.05, 0.1) is 17.7 Å². The maximum absolute atomic E-state index is 12.1. The molecule has 1 aromatic heterocycles. The van der Waals surface area contributed by atoms with Crippen LogP contribution in [0.2, 0.25) is 0 Å². The van der Waals surface area contributed by atoms with Crippen molar-refractivity contribution >= 4 is 30.6 Å². The van der Waals surface area contributed by atoms with E-state index < -0.39 is 13.9 Å². The number of anilines is 1. The first kappa shape index (κ1) is 25.9. The lowest BCUT2D eigenvalue weighted by Crippen LogP contribution is -2.45. The fourth-order valence-corrected chi connectivity index (χ4v) is 4.55. The van der Waals surface area contributed by atoms with Gasteiger partial charge in [-0.05, 0) is 55.5 Å². The van der Waals surface area contributed by atoms with Crippen LogP contribution < -0.4 is 14.7 Å². The number of hydrogen-bond acceptors (Lipinski definition) is 7. The van der Waals surface area contributed by atoms with Gasteiger partial charge in [-0.15, -0.1) is 0 Å². The van der Waals surface area contributed by atoms with Gasteiger partial charge in [0.1, 0.15) is 11.6 Å². The zero-order valence-corrected chi connectivity index (χ0v) is 21.4. The largest absolute Gasteiger partial charge is 0.524 e. The molecule has 1 fully saturated rings. The second kappa shape index (κ2) is 10.8. The van der Waals surface area contributed by atoms with Crippen molar-refractivity contribution in [1.82, 2.24) is 15.3 Å². The molecule has 1 saturated heterocycles. The first-order valence-electron chi connectivity index (χ1n) is 11.9. The summed E-state index contributed by atoms with van der Waals surface area (Å²) in [6.45, 7) is 7.66. The van der Waals surface area contributed by atoms with Crippen molar-refractivity contribution < 1.29 is 28.4 Å². The summed E-state index contributed by atoms with van der Waals surface area (Å²) in [6, 6.07) is 12.5. The molecule has 36 heavy (non-hydrogen) atoms. The highest BCUT2D eigenvalue weighted by Crippen LogP contribution is 2.42. The van der Waals surface area contributed by atoms with Gasteiger partial charge in [0, 0.05) is 24.5 Å². The Kier molecular flexibility index (Phi) is 7.78. The molecule has 4 rings (SSSR count). The first-order valence-corrected chi connectivity index (χ1v) is 13.4. The number of ether oxygens (including phenoxy) is 1. The van der Waals surface area contributed by atoms with Crippen LogP contribution in [0.1, 0.15) is 32.3 Å². The number of para-hydroxylation sites is 1. The van der Waals surface area contributed by atoms with Crippen LogP contribution in [0.3, 0.4) is 0 Å². The van der Waals surface area contributed by atoms with Crippen molar-refractivity contribution in [2.45, 2.75) is 39.7 Å². The summed E-state index contributed by atoms with van der Waals surface area (Å²) < 4.78 is 21.7. The number of piperidine rings is 1. The standard InChI is InChI=1S/C25H31N4O6P/c1-16(2)15-34-25(30)26-18-10-12-29(13-11-18)24-19-9-8-17(3)14-21(19)27-23(28-24)20-6-4-5-7-22(20)35-36(31,32)33/h4-9,14,16,18H,10-13,15H2,1-3H3,(H,26,30)(H2,31,32,33). The maximum atomic E-state index is 12.1. The van der Waals surface area contributed by atoms with Crippen LogP contribution in [0, 0.1) is 12.8 Å². The number of hydrogen-bond donors (Lipinski definition) is 3. The van der Waals surface area contributed by atoms with Gasteiger partial charge < -0.3 is 19.5 Å². The molecule has 0 unspecified atom stereocenters. The van der Waals surface area contributed by atoms with Crippen molar-refractivity contribution in [1.29, 1.82) is 0 Å². The molecule has 11 heteroatoms. The van der Waals surface area contributed by atoms with Gasteiger partial charge in [0.15, 0.2) is 5.82 Å². The Morgan fingerprint density at radius 1 is 1.17 bits per heavy atom. The van der Waals surface area contributed by atoms with E-state index in [1.165, 1.54) is 6.07 Å². The molecule has 0 atom stereocenters. The summed E-state index contributed by atoms with van der Waals surface area (Å²) in [5.74, 6) is 1.32. The fourth-order valence-electron chi connectivity index (χ4n) is 4.13. The number of nitrogens with zero attached hydrogens (tertiary/aromatic N) is 3. The summed E-state index contributed by atoms with van der Waals surface area (Å²) in [5.41, 5.74) is 2.13. The van der Waals surface area contributed by atoms with E-state index in [1.54, 1.807) is 18.2 Å². The van der Waals surface area contributed by atoms with Gasteiger partial charge in [0.25, 0.3) is 0 Å². The van der Waals surface area contributed by atoms with Crippen LogP contribution in [0.15, 0.2) is 42.5 Å². The van der Waals surface area contributed by atoms with Gasteiger partial charge in [-0.25, -0.2) is 19.3 Å². The number of carbonyl (C=O) groups is 1. The van der Waals surface area contributed by atoms with Gasteiger partial charge in [0.2, 0.25) is 0 Å². The molecule has 3 aromatic rings. The molecule has 1 amide bonds. The summed E-state index contributed by atoms with van der Waals surface area (Å²) in [4.78, 5) is 42.4. The molecule has 2 aromatic carbocycles. The van der Waals surface area contributed by atoms with Crippen molar-refractivity contribution in [2.24, 2.45) is 5.92 Å². The molecular formula is C25H31N4O6P. The number of phosphoric acid groups is 1. The number of aryl methyl sites for hydroxylation is 1. The Morgan fingerprint density at radius 3 is 2.58 bits per heavy atom. The summed E-state index contributed by atoms with van der Waals surface area (Å²) in [5, 5.41) is 3.82. The Morgan fingerprint density at radius 2 is 1.89 bits per heavy atom. The quantitative estimate of drug-likeness (QED) is 0.392. The number of alkyl carbamates (subject to hydrolysis) is 1. The lowest BCUT2D eigenvalue weighted by molar-refractivity contribution is 0.128. The molecule has 1 aliphatic rings. The summed E-state index contributed by atoms with van der Waals surface area (Å²) >= 11 is 0. The Bertz CT molecular complexity index is 1290. The Balaban J connectivity index is 1.62. The third-order valence-corrected chi connectivity index (χ3v) is 6.28. The Labute approximate surface area is 209 Å². The van der Waals surface area contributed by atoms with Crippen molar-refractivity contribution in [2.75, 3.05) is 24.6 Å². The van der Waals surface area contributed by atoms with E-state index >= 15 is 0 Å². The van der Waals surface area contributed by atoms with Gasteiger partial charge in [-0.2, -0.15) is 0 Å². The second-order valence-electron chi connectivity index (χ2n) is 9.37. The van der Waals surface area contributed by atoms with E-state index in [0.717, 1.165) is 35.1 Å². The number of carbonyl (C=O) groups excluding carboxylic acids is 1. The number of nitrogens with one attached hydrogen (secondary N) is 1. The number of fused-ring (bicyclic) bond motifs is 1. The lowest BCUT2D eigenvalue weighted by Gasteiger charge is -2.33. The van der Waals surface area contributed by atoms with Crippen LogP contribution in [-0.2, 0) is 9.30 Å².